The highest BCUT2D eigenvalue weighted by Gasteiger charge is 2.16. The van der Waals surface area contributed by atoms with Crippen LogP contribution in [0.3, 0.4) is 0 Å². The molecule has 0 bridgehead atoms. The van der Waals surface area contributed by atoms with E-state index in [0.717, 1.165) is 19.6 Å². The van der Waals surface area contributed by atoms with Gasteiger partial charge >= 0.3 is 0 Å². The molecule has 0 unspecified atom stereocenters. The molecule has 10 heavy (non-hydrogen) atoms. The Morgan fingerprint density at radius 2 is 2.10 bits per heavy atom. The zero-order valence-electron chi connectivity index (χ0n) is 6.09. The molecule has 0 saturated carbocycles. The number of hydrogen-bond donors (Lipinski definition) is 0. The minimum absolute atomic E-state index is 0.575. The normalized spacial score (nSPS) is 22.9. The van der Waals surface area contributed by atoms with Crippen molar-refractivity contribution in [1.82, 2.24) is 4.90 Å². The van der Waals surface area contributed by atoms with Gasteiger partial charge in [-0.05, 0) is 12.8 Å². The molecule has 0 atom stereocenters. The molecule has 1 fully saturated rings. The first-order valence-electron chi connectivity index (χ1n) is 3.72. The molecule has 0 N–H and O–H groups in total. The molecule has 1 aliphatic rings. The Labute approximate surface area is 61.5 Å². The molecule has 0 aromatic rings. The first-order valence-corrected chi connectivity index (χ1v) is 3.72. The second kappa shape index (κ2) is 3.71. The number of piperidine rings is 1. The lowest BCUT2D eigenvalue weighted by Crippen LogP contribution is -2.34. The molecule has 0 aromatic heterocycles. The van der Waals surface area contributed by atoms with E-state index in [4.69, 9.17) is 6.58 Å². The second-order valence-electron chi connectivity index (χ2n) is 2.71. The van der Waals surface area contributed by atoms with Crippen molar-refractivity contribution < 1.29 is 4.39 Å². The number of halogens is 1. The van der Waals surface area contributed by atoms with E-state index in [1.165, 1.54) is 0 Å². The lowest BCUT2D eigenvalue weighted by Gasteiger charge is -2.26. The SMILES string of the molecule is [CH]=CCN1CCC(F)CC1. The molecule has 2 heteroatoms. The van der Waals surface area contributed by atoms with Crippen LogP contribution in [0.5, 0.6) is 0 Å². The highest BCUT2D eigenvalue weighted by Crippen LogP contribution is 2.12. The zero-order chi connectivity index (χ0) is 7.40. The molecule has 57 valence electrons. The van der Waals surface area contributed by atoms with Gasteiger partial charge in [-0.1, -0.05) is 12.7 Å². The van der Waals surface area contributed by atoms with Crippen LogP contribution in [0.2, 0.25) is 0 Å². The molecule has 1 saturated heterocycles. The Morgan fingerprint density at radius 1 is 1.50 bits per heavy atom. The van der Waals surface area contributed by atoms with Gasteiger partial charge in [0, 0.05) is 19.6 Å². The highest BCUT2D eigenvalue weighted by molar-refractivity contribution is 4.76. The monoisotopic (exact) mass is 142 g/mol. The predicted octanol–water partition coefficient (Wildman–Crippen LogP) is 1.41. The van der Waals surface area contributed by atoms with Crippen LogP contribution in [0.1, 0.15) is 12.8 Å². The van der Waals surface area contributed by atoms with Crippen LogP contribution in [0.25, 0.3) is 0 Å². The Kier molecular flexibility index (Phi) is 2.87. The fourth-order valence-electron chi connectivity index (χ4n) is 1.23. The summed E-state index contributed by atoms with van der Waals surface area (Å²) in [5, 5.41) is 0. The molecule has 1 nitrogen and oxygen atoms in total. The summed E-state index contributed by atoms with van der Waals surface area (Å²) in [7, 11) is 0. The van der Waals surface area contributed by atoms with E-state index in [2.05, 4.69) is 4.90 Å². The standard InChI is InChI=1S/C8H13FN/c1-2-5-10-6-3-8(9)4-7-10/h1-2,8H,3-7H2. The fraction of sp³-hybridized carbons (Fsp3) is 0.750. The summed E-state index contributed by atoms with van der Waals surface area (Å²) in [5.74, 6) is 0. The van der Waals surface area contributed by atoms with Gasteiger partial charge in [0.2, 0.25) is 0 Å². The van der Waals surface area contributed by atoms with Crippen LogP contribution >= 0.6 is 0 Å². The molecule has 0 aromatic carbocycles. The summed E-state index contributed by atoms with van der Waals surface area (Å²) in [6.07, 6.45) is 2.40. The molecule has 1 rings (SSSR count). The van der Waals surface area contributed by atoms with Crippen LogP contribution in [0.15, 0.2) is 6.08 Å². The summed E-state index contributed by atoms with van der Waals surface area (Å²) in [5.41, 5.74) is 0. The Morgan fingerprint density at radius 3 is 2.60 bits per heavy atom. The van der Waals surface area contributed by atoms with Crippen LogP contribution in [-0.4, -0.2) is 30.7 Å². The van der Waals surface area contributed by atoms with Gasteiger partial charge in [0.15, 0.2) is 0 Å². The van der Waals surface area contributed by atoms with Gasteiger partial charge in [-0.3, -0.25) is 4.90 Å². The maximum Gasteiger partial charge on any atom is 0.103 e. The van der Waals surface area contributed by atoms with E-state index < -0.39 is 6.17 Å². The Hall–Kier alpha value is -0.370. The number of alkyl halides is 1. The highest BCUT2D eigenvalue weighted by atomic mass is 19.1. The minimum Gasteiger partial charge on any atom is -0.299 e. The number of rotatable bonds is 2. The van der Waals surface area contributed by atoms with Gasteiger partial charge in [0.1, 0.15) is 6.17 Å². The molecule has 0 aliphatic carbocycles. The fourth-order valence-corrected chi connectivity index (χ4v) is 1.23. The molecule has 1 heterocycles. The van der Waals surface area contributed by atoms with E-state index in [9.17, 15) is 4.39 Å². The van der Waals surface area contributed by atoms with Crippen molar-refractivity contribution in [3.8, 4) is 0 Å². The summed E-state index contributed by atoms with van der Waals surface area (Å²) < 4.78 is 12.5. The van der Waals surface area contributed by atoms with Gasteiger partial charge in [-0.2, -0.15) is 0 Å². The predicted molar refractivity (Wildman–Crippen MR) is 39.4 cm³/mol. The number of hydrogen-bond acceptors (Lipinski definition) is 1. The van der Waals surface area contributed by atoms with Gasteiger partial charge in [-0.15, -0.1) is 0 Å². The Balaban J connectivity index is 2.19. The van der Waals surface area contributed by atoms with Crippen molar-refractivity contribution in [2.75, 3.05) is 19.6 Å². The smallest absolute Gasteiger partial charge is 0.103 e. The van der Waals surface area contributed by atoms with Gasteiger partial charge in [0.05, 0.1) is 0 Å². The molecular weight excluding hydrogens is 129 g/mol. The summed E-state index contributed by atoms with van der Waals surface area (Å²) in [6.45, 7) is 7.74. The third kappa shape index (κ3) is 2.10. The lowest BCUT2D eigenvalue weighted by atomic mass is 10.1. The first-order chi connectivity index (χ1) is 4.83. The maximum absolute atomic E-state index is 12.5. The first kappa shape index (κ1) is 7.73. The topological polar surface area (TPSA) is 3.24 Å². The number of likely N-dealkylation sites (tertiary alicyclic amines) is 1. The van der Waals surface area contributed by atoms with E-state index in [-0.39, 0.29) is 0 Å². The van der Waals surface area contributed by atoms with Gasteiger partial charge in [-0.25, -0.2) is 4.39 Å². The lowest BCUT2D eigenvalue weighted by molar-refractivity contribution is 0.162. The third-order valence-electron chi connectivity index (χ3n) is 1.88. The van der Waals surface area contributed by atoms with Crippen molar-refractivity contribution in [2.45, 2.75) is 19.0 Å². The zero-order valence-corrected chi connectivity index (χ0v) is 6.09. The number of nitrogens with zero attached hydrogens (tertiary/aromatic N) is 1. The van der Waals surface area contributed by atoms with Crippen LogP contribution in [0.4, 0.5) is 4.39 Å². The molecule has 0 spiro atoms. The average Bonchev–Trinajstić information content (AvgIpc) is 1.95. The van der Waals surface area contributed by atoms with Gasteiger partial charge in [0.25, 0.3) is 0 Å². The average molecular weight is 142 g/mol. The summed E-state index contributed by atoms with van der Waals surface area (Å²) in [6, 6.07) is 0. The summed E-state index contributed by atoms with van der Waals surface area (Å²) in [4.78, 5) is 2.16. The van der Waals surface area contributed by atoms with Crippen molar-refractivity contribution in [3.63, 3.8) is 0 Å². The second-order valence-corrected chi connectivity index (χ2v) is 2.71. The van der Waals surface area contributed by atoms with Crippen LogP contribution < -0.4 is 0 Å². The molecule has 0 amide bonds. The molecular formula is C8H13FN. The molecule has 1 radical (unpaired) electrons. The summed E-state index contributed by atoms with van der Waals surface area (Å²) >= 11 is 0. The van der Waals surface area contributed by atoms with Crippen LogP contribution in [-0.2, 0) is 0 Å². The van der Waals surface area contributed by atoms with Crippen LogP contribution in [0, 0.1) is 6.58 Å². The maximum atomic E-state index is 12.5. The van der Waals surface area contributed by atoms with E-state index >= 15 is 0 Å². The third-order valence-corrected chi connectivity index (χ3v) is 1.88. The van der Waals surface area contributed by atoms with E-state index in [1.807, 2.05) is 0 Å². The Bertz CT molecular complexity index is 106. The van der Waals surface area contributed by atoms with Crippen molar-refractivity contribution >= 4 is 0 Å². The van der Waals surface area contributed by atoms with Gasteiger partial charge < -0.3 is 0 Å². The quantitative estimate of drug-likeness (QED) is 0.563. The minimum atomic E-state index is -0.575. The van der Waals surface area contributed by atoms with E-state index in [0.29, 0.717) is 12.8 Å². The largest absolute Gasteiger partial charge is 0.299 e. The van der Waals surface area contributed by atoms with Crippen molar-refractivity contribution in [1.29, 1.82) is 0 Å². The van der Waals surface area contributed by atoms with E-state index in [1.54, 1.807) is 6.08 Å². The van der Waals surface area contributed by atoms with Crippen molar-refractivity contribution in [3.05, 3.63) is 12.7 Å². The van der Waals surface area contributed by atoms with Crippen molar-refractivity contribution in [2.24, 2.45) is 0 Å². The molecule has 1 aliphatic heterocycles.